The molecule has 6 rings (SSSR count). The standard InChI is InChI=1S/C36H31F3N2O4/c1-3-28-30(19-24-10-6-9-23-8-4-5-13-29(23)24)32(25-11-7-12-26(18-25)36(37,38)39)33-40(20-22-14-16-27(45-2)17-15-22)21-31(35(43)44)41(33)34(28)42/h4-18,31H,3,19-21H2,1-2H3,(H,43,44). The van der Waals surface area contributed by atoms with Gasteiger partial charge in [-0.15, -0.1) is 0 Å². The Kier molecular flexibility index (Phi) is 7.87. The number of anilines is 1. The summed E-state index contributed by atoms with van der Waals surface area (Å²) in [4.78, 5) is 28.6. The third-order valence-electron chi connectivity index (χ3n) is 8.50. The van der Waals surface area contributed by atoms with E-state index in [1.54, 1.807) is 30.2 Å². The predicted octanol–water partition coefficient (Wildman–Crippen LogP) is 7.50. The van der Waals surface area contributed by atoms with Crippen molar-refractivity contribution in [3.63, 3.8) is 0 Å². The maximum absolute atomic E-state index is 14.2. The van der Waals surface area contributed by atoms with Gasteiger partial charge in [0.05, 0.1) is 19.2 Å². The Bertz CT molecular complexity index is 1960. The summed E-state index contributed by atoms with van der Waals surface area (Å²) in [5.41, 5.74) is 2.15. The minimum Gasteiger partial charge on any atom is -0.497 e. The Labute approximate surface area is 257 Å². The van der Waals surface area contributed by atoms with Gasteiger partial charge in [0.1, 0.15) is 11.6 Å². The van der Waals surface area contributed by atoms with Gasteiger partial charge in [-0.05, 0) is 70.1 Å². The molecule has 5 aromatic rings. The number of aromatic nitrogens is 1. The lowest BCUT2D eigenvalue weighted by atomic mass is 9.88. The van der Waals surface area contributed by atoms with Crippen molar-refractivity contribution >= 4 is 22.6 Å². The van der Waals surface area contributed by atoms with Crippen molar-refractivity contribution < 1.29 is 27.8 Å². The van der Waals surface area contributed by atoms with Crippen LogP contribution in [-0.4, -0.2) is 29.3 Å². The van der Waals surface area contributed by atoms with Crippen LogP contribution in [0.5, 0.6) is 5.75 Å². The molecule has 9 heteroatoms. The zero-order chi connectivity index (χ0) is 31.9. The lowest BCUT2D eigenvalue weighted by Crippen LogP contribution is -2.31. The lowest BCUT2D eigenvalue weighted by molar-refractivity contribution is -0.140. The molecule has 0 aliphatic carbocycles. The lowest BCUT2D eigenvalue weighted by Gasteiger charge is -2.26. The summed E-state index contributed by atoms with van der Waals surface area (Å²) in [6.45, 7) is 2.02. The van der Waals surface area contributed by atoms with Gasteiger partial charge in [0.2, 0.25) is 0 Å². The number of carboxylic acid groups (broad SMARTS) is 1. The monoisotopic (exact) mass is 612 g/mol. The number of carbonyl (C=O) groups is 1. The molecule has 0 saturated carbocycles. The molecule has 0 bridgehead atoms. The van der Waals surface area contributed by atoms with E-state index < -0.39 is 29.3 Å². The highest BCUT2D eigenvalue weighted by molar-refractivity contribution is 5.88. The average Bonchev–Trinajstić information content (AvgIpc) is 3.41. The number of nitrogens with zero attached hydrogens (tertiary/aromatic N) is 2. The third-order valence-corrected chi connectivity index (χ3v) is 8.50. The first-order valence-corrected chi connectivity index (χ1v) is 14.7. The van der Waals surface area contributed by atoms with Gasteiger partial charge in [-0.2, -0.15) is 13.2 Å². The van der Waals surface area contributed by atoms with Crippen molar-refractivity contribution in [2.24, 2.45) is 0 Å². The van der Waals surface area contributed by atoms with E-state index in [4.69, 9.17) is 4.74 Å². The number of hydrogen-bond donors (Lipinski definition) is 1. The fourth-order valence-corrected chi connectivity index (χ4v) is 6.38. The van der Waals surface area contributed by atoms with Crippen LogP contribution in [0.25, 0.3) is 21.9 Å². The van der Waals surface area contributed by atoms with E-state index in [1.807, 2.05) is 61.5 Å². The maximum atomic E-state index is 14.2. The topological polar surface area (TPSA) is 71.8 Å². The van der Waals surface area contributed by atoms with Crippen molar-refractivity contribution in [2.45, 2.75) is 38.5 Å². The van der Waals surface area contributed by atoms with E-state index in [0.717, 1.165) is 34.0 Å². The van der Waals surface area contributed by atoms with Crippen LogP contribution in [0.15, 0.2) is 95.8 Å². The number of rotatable bonds is 8. The molecule has 1 aromatic heterocycles. The SMILES string of the molecule is CCc1c(Cc2cccc3ccccc23)c(-c2cccc(C(F)(F)F)c2)c2n(c1=O)C(C(=O)O)CN2Cc1ccc(OC)cc1. The predicted molar refractivity (Wildman–Crippen MR) is 168 cm³/mol. The van der Waals surface area contributed by atoms with Crippen molar-refractivity contribution in [1.29, 1.82) is 0 Å². The van der Waals surface area contributed by atoms with E-state index in [9.17, 15) is 27.9 Å². The summed E-state index contributed by atoms with van der Waals surface area (Å²) in [6, 6.07) is 24.8. The Morgan fingerprint density at radius 1 is 0.956 bits per heavy atom. The molecule has 1 aliphatic heterocycles. The van der Waals surface area contributed by atoms with Crippen LogP contribution in [0.1, 0.15) is 40.8 Å². The molecule has 0 spiro atoms. The molecule has 6 nitrogen and oxygen atoms in total. The zero-order valence-electron chi connectivity index (χ0n) is 24.8. The second-order valence-electron chi connectivity index (χ2n) is 11.2. The molecule has 1 atom stereocenters. The number of pyridine rings is 1. The van der Waals surface area contributed by atoms with E-state index in [2.05, 4.69) is 0 Å². The molecule has 0 saturated heterocycles. The Balaban J connectivity index is 1.66. The van der Waals surface area contributed by atoms with E-state index in [-0.39, 0.29) is 31.5 Å². The highest BCUT2D eigenvalue weighted by atomic mass is 19.4. The van der Waals surface area contributed by atoms with Crippen LogP contribution in [0.2, 0.25) is 0 Å². The first-order chi connectivity index (χ1) is 21.6. The number of hydrogen-bond acceptors (Lipinski definition) is 4. The summed E-state index contributed by atoms with van der Waals surface area (Å²) in [5.74, 6) is -0.237. The fourth-order valence-electron chi connectivity index (χ4n) is 6.38. The Morgan fingerprint density at radius 3 is 2.36 bits per heavy atom. The fraction of sp³-hybridized carbons (Fsp3) is 0.222. The van der Waals surface area contributed by atoms with Crippen LogP contribution in [-0.2, 0) is 30.4 Å². The van der Waals surface area contributed by atoms with Gasteiger partial charge in [-0.1, -0.05) is 73.7 Å². The van der Waals surface area contributed by atoms with Crippen molar-refractivity contribution in [3.8, 4) is 16.9 Å². The summed E-state index contributed by atoms with van der Waals surface area (Å²) in [5, 5.41) is 12.3. The summed E-state index contributed by atoms with van der Waals surface area (Å²) in [7, 11) is 1.56. The molecule has 1 unspecified atom stereocenters. The number of ether oxygens (including phenoxy) is 1. The second-order valence-corrected chi connectivity index (χ2v) is 11.2. The molecule has 0 fully saturated rings. The third kappa shape index (κ3) is 5.54. The van der Waals surface area contributed by atoms with Crippen molar-refractivity contribution in [2.75, 3.05) is 18.6 Å². The number of fused-ring (bicyclic) bond motifs is 2. The molecule has 45 heavy (non-hydrogen) atoms. The van der Waals surface area contributed by atoms with E-state index in [0.29, 0.717) is 28.3 Å². The number of halogens is 3. The number of methoxy groups -OCH3 is 1. The van der Waals surface area contributed by atoms with Gasteiger partial charge in [0.15, 0.2) is 6.04 Å². The highest BCUT2D eigenvalue weighted by Crippen LogP contribution is 2.44. The molecule has 2 heterocycles. The van der Waals surface area contributed by atoms with Crippen LogP contribution in [0.4, 0.5) is 19.0 Å². The van der Waals surface area contributed by atoms with Gasteiger partial charge in [-0.25, -0.2) is 4.79 Å². The molecular weight excluding hydrogens is 581 g/mol. The maximum Gasteiger partial charge on any atom is 0.416 e. The summed E-state index contributed by atoms with van der Waals surface area (Å²) >= 11 is 0. The molecular formula is C36H31F3N2O4. The summed E-state index contributed by atoms with van der Waals surface area (Å²) < 4.78 is 48.6. The van der Waals surface area contributed by atoms with Gasteiger partial charge in [0.25, 0.3) is 5.56 Å². The first kappa shape index (κ1) is 30.0. The molecule has 1 N–H and O–H groups in total. The van der Waals surface area contributed by atoms with Crippen LogP contribution < -0.4 is 15.2 Å². The minimum atomic E-state index is -4.60. The first-order valence-electron chi connectivity index (χ1n) is 14.7. The van der Waals surface area contributed by atoms with E-state index in [1.165, 1.54) is 10.6 Å². The van der Waals surface area contributed by atoms with Crippen LogP contribution in [0, 0.1) is 0 Å². The van der Waals surface area contributed by atoms with Gasteiger partial charge < -0.3 is 14.7 Å². The average molecular weight is 613 g/mol. The quantitative estimate of drug-likeness (QED) is 0.197. The van der Waals surface area contributed by atoms with Crippen molar-refractivity contribution in [1.82, 2.24) is 4.57 Å². The zero-order valence-corrected chi connectivity index (χ0v) is 24.8. The summed E-state index contributed by atoms with van der Waals surface area (Å²) in [6.07, 6.45) is -4.05. The molecule has 230 valence electrons. The number of benzene rings is 4. The number of aliphatic carboxylic acids is 1. The normalized spacial score (nSPS) is 14.5. The highest BCUT2D eigenvalue weighted by Gasteiger charge is 2.39. The minimum absolute atomic E-state index is 0.0244. The molecule has 0 amide bonds. The molecule has 0 radical (unpaired) electrons. The number of carboxylic acids is 1. The number of alkyl halides is 3. The van der Waals surface area contributed by atoms with Crippen LogP contribution in [0.3, 0.4) is 0 Å². The van der Waals surface area contributed by atoms with Crippen LogP contribution >= 0.6 is 0 Å². The van der Waals surface area contributed by atoms with Gasteiger partial charge >= 0.3 is 12.1 Å². The van der Waals surface area contributed by atoms with E-state index >= 15 is 0 Å². The molecule has 1 aliphatic rings. The smallest absolute Gasteiger partial charge is 0.416 e. The van der Waals surface area contributed by atoms with Gasteiger partial charge in [0, 0.05) is 17.7 Å². The second kappa shape index (κ2) is 11.8. The largest absolute Gasteiger partial charge is 0.497 e. The molecule has 4 aromatic carbocycles. The Hall–Kier alpha value is -5.05. The van der Waals surface area contributed by atoms with Gasteiger partial charge in [-0.3, -0.25) is 9.36 Å². The Morgan fingerprint density at radius 2 is 1.67 bits per heavy atom. The van der Waals surface area contributed by atoms with Crippen molar-refractivity contribution in [3.05, 3.63) is 129 Å².